The zero-order valence-electron chi connectivity index (χ0n) is 9.43. The van der Waals surface area contributed by atoms with Gasteiger partial charge in [0.2, 0.25) is 0 Å². The number of halogens is 4. The number of rotatable bonds is 4. The Bertz CT molecular complexity index is 552. The zero-order chi connectivity index (χ0) is 13.9. The Morgan fingerprint density at radius 2 is 1.89 bits per heavy atom. The van der Waals surface area contributed by atoms with Gasteiger partial charge in [-0.1, -0.05) is 41.9 Å². The average molecular weight is 289 g/mol. The highest BCUT2D eigenvalue weighted by Crippen LogP contribution is 2.33. The maximum Gasteiger partial charge on any atom is 0.444 e. The van der Waals surface area contributed by atoms with Gasteiger partial charge in [0.05, 0.1) is 6.20 Å². The van der Waals surface area contributed by atoms with Crippen molar-refractivity contribution >= 4 is 11.6 Å². The lowest BCUT2D eigenvalue weighted by atomic mass is 10.1. The first-order valence-electron chi connectivity index (χ1n) is 5.21. The minimum Gasteiger partial charge on any atom is -0.425 e. The molecular weight excluding hydrogens is 281 g/mol. The zero-order valence-corrected chi connectivity index (χ0v) is 10.2. The van der Waals surface area contributed by atoms with Crippen LogP contribution in [0.1, 0.15) is 0 Å². The van der Waals surface area contributed by atoms with Crippen LogP contribution >= 0.6 is 11.6 Å². The van der Waals surface area contributed by atoms with Crippen molar-refractivity contribution in [2.45, 2.75) is 11.7 Å². The molecule has 0 spiro atoms. The number of benzene rings is 1. The first-order valence-corrected chi connectivity index (χ1v) is 5.65. The Morgan fingerprint density at radius 3 is 2.53 bits per heavy atom. The third-order valence-electron chi connectivity index (χ3n) is 2.23. The molecule has 0 bridgehead atoms. The minimum absolute atomic E-state index is 0.132. The van der Waals surface area contributed by atoms with Gasteiger partial charge in [0.25, 0.3) is 5.63 Å². The molecule has 1 aromatic heterocycles. The lowest BCUT2D eigenvalue weighted by molar-refractivity contribution is -0.199. The van der Waals surface area contributed by atoms with Crippen molar-refractivity contribution in [2.75, 3.05) is 0 Å². The van der Waals surface area contributed by atoms with Gasteiger partial charge in [-0.05, 0) is 0 Å². The smallest absolute Gasteiger partial charge is 0.425 e. The summed E-state index contributed by atoms with van der Waals surface area (Å²) in [6.07, 6.45) is -1.95. The van der Waals surface area contributed by atoms with E-state index in [1.165, 1.54) is 6.33 Å². The van der Waals surface area contributed by atoms with Crippen molar-refractivity contribution in [3.63, 3.8) is 0 Å². The molecule has 100 valence electrons. The summed E-state index contributed by atoms with van der Waals surface area (Å²) in [5.74, 6) is -0.345. The SMILES string of the molecule is FC(Cl)C(F)(F)Oc1cncnc1-c1ccccc1. The molecule has 3 nitrogen and oxygen atoms in total. The summed E-state index contributed by atoms with van der Waals surface area (Å²) in [6, 6.07) is 8.48. The van der Waals surface area contributed by atoms with E-state index >= 15 is 0 Å². The van der Waals surface area contributed by atoms with Crippen molar-refractivity contribution in [3.8, 4) is 17.0 Å². The quantitative estimate of drug-likeness (QED) is 0.806. The van der Waals surface area contributed by atoms with Crippen LogP contribution in [0.5, 0.6) is 5.75 Å². The summed E-state index contributed by atoms with van der Waals surface area (Å²) in [4.78, 5) is 7.44. The number of ether oxygens (including phenoxy) is 1. The van der Waals surface area contributed by atoms with Crippen molar-refractivity contribution in [1.82, 2.24) is 9.97 Å². The third kappa shape index (κ3) is 3.14. The molecule has 19 heavy (non-hydrogen) atoms. The third-order valence-corrected chi connectivity index (χ3v) is 2.48. The molecule has 1 aromatic carbocycles. The Balaban J connectivity index is 2.38. The summed E-state index contributed by atoms with van der Waals surface area (Å²) in [5.41, 5.74) is -2.29. The van der Waals surface area contributed by atoms with Crippen molar-refractivity contribution < 1.29 is 17.9 Å². The van der Waals surface area contributed by atoms with Gasteiger partial charge in [-0.25, -0.2) is 14.4 Å². The fourth-order valence-corrected chi connectivity index (χ4v) is 1.44. The summed E-state index contributed by atoms with van der Waals surface area (Å²) >= 11 is 4.74. The van der Waals surface area contributed by atoms with E-state index in [-0.39, 0.29) is 11.4 Å². The van der Waals surface area contributed by atoms with E-state index in [1.54, 1.807) is 30.3 Å². The Labute approximate surface area is 112 Å². The normalized spacial score (nSPS) is 13.1. The Kier molecular flexibility index (Phi) is 3.90. The lowest BCUT2D eigenvalue weighted by Crippen LogP contribution is -2.33. The second kappa shape index (κ2) is 5.44. The lowest BCUT2D eigenvalue weighted by Gasteiger charge is -2.18. The molecule has 0 saturated carbocycles. The van der Waals surface area contributed by atoms with Gasteiger partial charge in [0.1, 0.15) is 12.0 Å². The van der Waals surface area contributed by atoms with Crippen LogP contribution in [0.15, 0.2) is 42.9 Å². The van der Waals surface area contributed by atoms with Crippen molar-refractivity contribution in [1.29, 1.82) is 0 Å². The number of hydrogen-bond acceptors (Lipinski definition) is 3. The van der Waals surface area contributed by atoms with Crippen LogP contribution in [0.3, 0.4) is 0 Å². The van der Waals surface area contributed by atoms with Gasteiger partial charge in [-0.3, -0.25) is 0 Å². The average Bonchev–Trinajstić information content (AvgIpc) is 2.40. The van der Waals surface area contributed by atoms with Crippen LogP contribution < -0.4 is 4.74 Å². The largest absolute Gasteiger partial charge is 0.444 e. The first-order chi connectivity index (χ1) is 9.00. The molecule has 0 fully saturated rings. The van der Waals surface area contributed by atoms with E-state index in [0.717, 1.165) is 6.20 Å². The predicted octanol–water partition coefficient (Wildman–Crippen LogP) is 3.65. The molecule has 0 N–H and O–H groups in total. The van der Waals surface area contributed by atoms with Crippen LogP contribution in [0.2, 0.25) is 0 Å². The molecule has 2 aromatic rings. The number of hydrogen-bond donors (Lipinski definition) is 0. The second-order valence-corrected chi connectivity index (χ2v) is 3.95. The maximum atomic E-state index is 13.1. The predicted molar refractivity (Wildman–Crippen MR) is 63.8 cm³/mol. The molecule has 0 aliphatic heterocycles. The van der Waals surface area contributed by atoms with Gasteiger partial charge < -0.3 is 4.74 Å². The van der Waals surface area contributed by atoms with Crippen molar-refractivity contribution in [3.05, 3.63) is 42.9 Å². The summed E-state index contributed by atoms with van der Waals surface area (Å²) in [7, 11) is 0. The Morgan fingerprint density at radius 1 is 1.21 bits per heavy atom. The van der Waals surface area contributed by atoms with Gasteiger partial charge in [-0.2, -0.15) is 8.78 Å². The number of alkyl halides is 4. The fraction of sp³-hybridized carbons (Fsp3) is 0.167. The molecule has 1 unspecified atom stereocenters. The number of aromatic nitrogens is 2. The minimum atomic E-state index is -4.16. The van der Waals surface area contributed by atoms with Gasteiger partial charge in [0.15, 0.2) is 5.75 Å². The standard InChI is InChI=1S/C12H8ClF3N2O/c13-11(14)12(15,16)19-9-6-17-7-18-10(9)8-4-2-1-3-5-8/h1-7,11H. The summed E-state index contributed by atoms with van der Waals surface area (Å²) < 4.78 is 43.1. The molecule has 0 radical (unpaired) electrons. The van der Waals surface area contributed by atoms with Crippen LogP contribution in [0, 0.1) is 0 Å². The first kappa shape index (κ1) is 13.6. The van der Waals surface area contributed by atoms with E-state index in [4.69, 9.17) is 11.6 Å². The molecule has 0 aliphatic rings. The van der Waals surface area contributed by atoms with Gasteiger partial charge in [0, 0.05) is 5.56 Å². The molecule has 1 atom stereocenters. The van der Waals surface area contributed by atoms with Gasteiger partial charge in [-0.15, -0.1) is 0 Å². The highest BCUT2D eigenvalue weighted by Gasteiger charge is 2.42. The van der Waals surface area contributed by atoms with Crippen LogP contribution in [-0.2, 0) is 0 Å². The summed E-state index contributed by atoms with van der Waals surface area (Å²) in [5, 5.41) is 0. The molecule has 0 saturated heterocycles. The van der Waals surface area contributed by atoms with Crippen LogP contribution in [-0.4, -0.2) is 21.7 Å². The van der Waals surface area contributed by atoms with E-state index in [1.807, 2.05) is 0 Å². The van der Waals surface area contributed by atoms with E-state index in [0.29, 0.717) is 5.56 Å². The van der Waals surface area contributed by atoms with Crippen LogP contribution in [0.25, 0.3) is 11.3 Å². The highest BCUT2D eigenvalue weighted by molar-refractivity contribution is 6.20. The monoisotopic (exact) mass is 288 g/mol. The topological polar surface area (TPSA) is 35.0 Å². The second-order valence-electron chi connectivity index (χ2n) is 3.57. The maximum absolute atomic E-state index is 13.1. The molecular formula is C12H8ClF3N2O. The van der Waals surface area contributed by atoms with Gasteiger partial charge >= 0.3 is 6.11 Å². The van der Waals surface area contributed by atoms with Crippen molar-refractivity contribution in [2.24, 2.45) is 0 Å². The summed E-state index contributed by atoms with van der Waals surface area (Å²) in [6.45, 7) is 0. The molecule has 1 heterocycles. The fourth-order valence-electron chi connectivity index (χ4n) is 1.40. The Hall–Kier alpha value is -1.82. The molecule has 0 aliphatic carbocycles. The highest BCUT2D eigenvalue weighted by atomic mass is 35.5. The van der Waals surface area contributed by atoms with Crippen LogP contribution in [0.4, 0.5) is 13.2 Å². The van der Waals surface area contributed by atoms with E-state index in [9.17, 15) is 13.2 Å². The van der Waals surface area contributed by atoms with E-state index < -0.39 is 11.7 Å². The van der Waals surface area contributed by atoms with E-state index in [2.05, 4.69) is 14.7 Å². The molecule has 2 rings (SSSR count). The molecule has 0 amide bonds. The molecule has 7 heteroatoms. The number of nitrogens with zero attached hydrogens (tertiary/aromatic N) is 2.